The van der Waals surface area contributed by atoms with Gasteiger partial charge >= 0.3 is 0 Å². The van der Waals surface area contributed by atoms with Crippen molar-refractivity contribution in [2.45, 2.75) is 78.6 Å². The van der Waals surface area contributed by atoms with Crippen LogP contribution in [-0.4, -0.2) is 19.6 Å². The van der Waals surface area contributed by atoms with Crippen molar-refractivity contribution in [1.82, 2.24) is 14.5 Å². The molecule has 318 valence electrons. The Morgan fingerprint density at radius 3 is 1.64 bits per heavy atom. The summed E-state index contributed by atoms with van der Waals surface area (Å²) in [5.74, 6) is 0.953. The van der Waals surface area contributed by atoms with Crippen LogP contribution in [0.25, 0.3) is 83.9 Å². The number of hydrogen-bond donors (Lipinski definition) is 1. The van der Waals surface area contributed by atoms with Gasteiger partial charge in [0.2, 0.25) is 0 Å². The van der Waals surface area contributed by atoms with Gasteiger partial charge in [0.05, 0.1) is 22.3 Å². The van der Waals surface area contributed by atoms with Gasteiger partial charge in [0.1, 0.15) is 11.6 Å². The molecule has 64 heavy (non-hydrogen) atoms. The molecule has 0 saturated heterocycles. The van der Waals surface area contributed by atoms with E-state index in [2.05, 4.69) is 231 Å². The summed E-state index contributed by atoms with van der Waals surface area (Å²) in [6, 6.07) is 60.3. The first-order chi connectivity index (χ1) is 30.5. The fourth-order valence-electron chi connectivity index (χ4n) is 8.87. The Bertz CT molecular complexity index is 3140. The lowest BCUT2D eigenvalue weighted by Gasteiger charge is -2.28. The number of phenolic OH excluding ortho intramolecular Hbond substituents is 1. The molecule has 4 heteroatoms. The number of aromatic hydroxyl groups is 1. The van der Waals surface area contributed by atoms with Crippen LogP contribution < -0.4 is 0 Å². The predicted octanol–water partition coefficient (Wildman–Crippen LogP) is 16.0. The average molecular weight is 836 g/mol. The predicted molar refractivity (Wildman–Crippen MR) is 269 cm³/mol. The molecule has 0 amide bonds. The van der Waals surface area contributed by atoms with Crippen molar-refractivity contribution >= 4 is 11.0 Å². The maximum absolute atomic E-state index is 12.5. The van der Waals surface area contributed by atoms with Gasteiger partial charge in [0, 0.05) is 28.6 Å². The molecule has 0 atom stereocenters. The zero-order chi connectivity index (χ0) is 45.0. The second-order valence-electron chi connectivity index (χ2n) is 20.2. The molecule has 0 aliphatic rings. The molecule has 4 nitrogen and oxygen atoms in total. The highest BCUT2D eigenvalue weighted by Gasteiger charge is 2.29. The lowest BCUT2D eigenvalue weighted by Crippen LogP contribution is -2.17. The fourth-order valence-corrected chi connectivity index (χ4v) is 8.87. The largest absolute Gasteiger partial charge is 0.507 e. The molecule has 0 radical (unpaired) electrons. The van der Waals surface area contributed by atoms with Gasteiger partial charge in [-0.3, -0.25) is 9.55 Å². The van der Waals surface area contributed by atoms with Gasteiger partial charge in [0.15, 0.2) is 0 Å². The van der Waals surface area contributed by atoms with Crippen molar-refractivity contribution in [3.63, 3.8) is 0 Å². The highest BCUT2D eigenvalue weighted by atomic mass is 16.3. The number of phenols is 1. The zero-order valence-electron chi connectivity index (χ0n) is 38.5. The lowest BCUT2D eigenvalue weighted by atomic mass is 9.78. The number of imidazole rings is 1. The molecular weight excluding hydrogens is 779 g/mol. The van der Waals surface area contributed by atoms with Crippen molar-refractivity contribution in [1.29, 1.82) is 0 Å². The number of fused-ring (bicyclic) bond motifs is 1. The summed E-state index contributed by atoms with van der Waals surface area (Å²) in [6.07, 6.45) is 1.90. The number of nitrogens with zero attached hydrogens (tertiary/aromatic N) is 3. The van der Waals surface area contributed by atoms with Crippen molar-refractivity contribution < 1.29 is 5.11 Å². The molecule has 2 aromatic heterocycles. The van der Waals surface area contributed by atoms with E-state index in [0.29, 0.717) is 11.4 Å². The molecule has 0 fully saturated rings. The number of rotatable bonds is 7. The summed E-state index contributed by atoms with van der Waals surface area (Å²) in [5.41, 5.74) is 16.9. The van der Waals surface area contributed by atoms with Crippen LogP contribution in [0.2, 0.25) is 0 Å². The van der Waals surface area contributed by atoms with Crippen LogP contribution in [0.5, 0.6) is 5.75 Å². The molecular formula is C60H57N3O. The molecule has 0 bridgehead atoms. The number of pyridine rings is 1. The van der Waals surface area contributed by atoms with Crippen LogP contribution in [0.15, 0.2) is 176 Å². The van der Waals surface area contributed by atoms with Crippen molar-refractivity contribution in [2.75, 3.05) is 0 Å². The van der Waals surface area contributed by atoms with Crippen molar-refractivity contribution in [3.05, 3.63) is 193 Å². The Balaban J connectivity index is 1.34. The molecule has 0 spiro atoms. The van der Waals surface area contributed by atoms with E-state index < -0.39 is 0 Å². The number of benzene rings is 7. The lowest BCUT2D eigenvalue weighted by molar-refractivity contribution is 0.446. The van der Waals surface area contributed by atoms with E-state index in [4.69, 9.17) is 9.97 Å². The van der Waals surface area contributed by atoms with Crippen LogP contribution >= 0.6 is 0 Å². The monoisotopic (exact) mass is 835 g/mol. The van der Waals surface area contributed by atoms with Crippen LogP contribution in [0.1, 0.15) is 79.0 Å². The van der Waals surface area contributed by atoms with Gasteiger partial charge in [0.25, 0.3) is 0 Å². The summed E-state index contributed by atoms with van der Waals surface area (Å²) < 4.78 is 2.27. The Hall–Kier alpha value is -7.04. The Morgan fingerprint density at radius 1 is 0.422 bits per heavy atom. The smallest absolute Gasteiger partial charge is 0.149 e. The topological polar surface area (TPSA) is 50.9 Å². The van der Waals surface area contributed by atoms with E-state index in [9.17, 15) is 5.11 Å². The van der Waals surface area contributed by atoms with E-state index in [1.54, 1.807) is 0 Å². The van der Waals surface area contributed by atoms with Gasteiger partial charge in [-0.15, -0.1) is 0 Å². The summed E-state index contributed by atoms with van der Waals surface area (Å²) in [7, 11) is 0. The standard InChI is InChI=1S/C60H57N3O/c1-58(2,3)46-36-50(56(64)52(37-46)60(7,8)9)57-62-55-49(26-19-27-54(55)63(57)47-28-29-48(41-24-17-12-18-25-41)51(38-47)59(4,5)6)44-32-43(40-22-15-11-16-23-40)33-45(34-44)53-35-42(30-31-61-53)39-20-13-10-14-21-39/h10-38,64H,1-9H3. The Morgan fingerprint density at radius 2 is 1.02 bits per heavy atom. The normalized spacial score (nSPS) is 12.2. The molecule has 0 aliphatic heterocycles. The molecule has 0 unspecified atom stereocenters. The third-order valence-electron chi connectivity index (χ3n) is 12.4. The maximum atomic E-state index is 12.5. The minimum atomic E-state index is -0.320. The minimum Gasteiger partial charge on any atom is -0.507 e. The SMILES string of the molecule is CC(C)(C)c1cc(-c2nc3c(-c4cc(-c5ccccc5)cc(-c5cc(-c6ccccc6)ccn5)c4)cccc3n2-c2ccc(-c3ccccc3)c(C(C)(C)C)c2)c(O)c(C(C)(C)C)c1. The van der Waals surface area contributed by atoms with Crippen molar-refractivity contribution in [2.24, 2.45) is 0 Å². The van der Waals surface area contributed by atoms with Gasteiger partial charge in [-0.1, -0.05) is 178 Å². The van der Waals surface area contributed by atoms with E-state index in [1.165, 1.54) is 16.7 Å². The van der Waals surface area contributed by atoms with E-state index in [1.807, 2.05) is 12.3 Å². The summed E-state index contributed by atoms with van der Waals surface area (Å²) in [6.45, 7) is 20.0. The number of para-hydroxylation sites is 1. The third-order valence-corrected chi connectivity index (χ3v) is 12.4. The molecule has 0 saturated carbocycles. The highest BCUT2D eigenvalue weighted by Crippen LogP contribution is 2.46. The minimum absolute atomic E-state index is 0.170. The third kappa shape index (κ3) is 8.17. The Kier molecular flexibility index (Phi) is 10.7. The highest BCUT2D eigenvalue weighted by molar-refractivity contribution is 5.98. The molecule has 0 aliphatic carbocycles. The first-order valence-corrected chi connectivity index (χ1v) is 22.4. The summed E-state index contributed by atoms with van der Waals surface area (Å²) in [4.78, 5) is 10.6. The molecule has 7 aromatic carbocycles. The van der Waals surface area contributed by atoms with Gasteiger partial charge in [-0.25, -0.2) is 4.98 Å². The first kappa shape index (κ1) is 42.3. The van der Waals surface area contributed by atoms with Gasteiger partial charge in [-0.05, 0) is 121 Å². The second kappa shape index (κ2) is 16.3. The molecule has 9 aromatic rings. The van der Waals surface area contributed by atoms with Crippen LogP contribution in [0.3, 0.4) is 0 Å². The first-order valence-electron chi connectivity index (χ1n) is 22.4. The Labute approximate surface area is 379 Å². The maximum Gasteiger partial charge on any atom is 0.149 e. The van der Waals surface area contributed by atoms with Crippen LogP contribution in [-0.2, 0) is 16.2 Å². The van der Waals surface area contributed by atoms with Crippen LogP contribution in [0.4, 0.5) is 0 Å². The van der Waals surface area contributed by atoms with E-state index in [0.717, 1.165) is 72.5 Å². The van der Waals surface area contributed by atoms with Gasteiger partial charge < -0.3 is 5.11 Å². The quantitative estimate of drug-likeness (QED) is 0.174. The second-order valence-corrected chi connectivity index (χ2v) is 20.2. The zero-order valence-corrected chi connectivity index (χ0v) is 38.5. The molecule has 1 N–H and O–H groups in total. The fraction of sp³-hybridized carbons (Fsp3) is 0.200. The van der Waals surface area contributed by atoms with E-state index in [-0.39, 0.29) is 22.0 Å². The van der Waals surface area contributed by atoms with Crippen molar-refractivity contribution in [3.8, 4) is 78.6 Å². The summed E-state index contributed by atoms with van der Waals surface area (Å²) >= 11 is 0. The van der Waals surface area contributed by atoms with E-state index >= 15 is 0 Å². The molecule has 2 heterocycles. The number of hydrogen-bond acceptors (Lipinski definition) is 3. The van der Waals surface area contributed by atoms with Gasteiger partial charge in [-0.2, -0.15) is 0 Å². The van der Waals surface area contributed by atoms with Crippen LogP contribution in [0, 0.1) is 0 Å². The molecule has 9 rings (SSSR count). The average Bonchev–Trinajstić information content (AvgIpc) is 3.68. The number of aromatic nitrogens is 3. The summed E-state index contributed by atoms with van der Waals surface area (Å²) in [5, 5.41) is 12.5.